The fourth-order valence-corrected chi connectivity index (χ4v) is 1.41. The second kappa shape index (κ2) is 5.24. The molecule has 1 rings (SSSR count). The predicted molar refractivity (Wildman–Crippen MR) is 56.7 cm³/mol. The highest BCUT2D eigenvalue weighted by Crippen LogP contribution is 2.24. The van der Waals surface area contributed by atoms with Crippen molar-refractivity contribution < 1.29 is 9.84 Å². The summed E-state index contributed by atoms with van der Waals surface area (Å²) in [6.07, 6.45) is 0. The van der Waals surface area contributed by atoms with Crippen molar-refractivity contribution in [3.8, 4) is 5.75 Å². The van der Waals surface area contributed by atoms with Gasteiger partial charge in [-0.1, -0.05) is 11.2 Å². The van der Waals surface area contributed by atoms with Gasteiger partial charge in [-0.2, -0.15) is 0 Å². The number of hydrogen-bond acceptors (Lipinski definition) is 3. The smallest absolute Gasteiger partial charge is 0.119 e. The zero-order valence-electron chi connectivity index (χ0n) is 8.71. The Hall–Kier alpha value is -1.71. The highest BCUT2D eigenvalue weighted by atomic mass is 16.5. The quantitative estimate of drug-likeness (QED) is 0.467. The van der Waals surface area contributed by atoms with E-state index in [9.17, 15) is 0 Å². The van der Waals surface area contributed by atoms with Crippen LogP contribution in [-0.2, 0) is 0 Å². The molecule has 15 heavy (non-hydrogen) atoms. The average Bonchev–Trinajstić information content (AvgIpc) is 2.26. The molecular weight excluding hydrogens is 194 g/mol. The van der Waals surface area contributed by atoms with Crippen LogP contribution in [0, 0.1) is 6.92 Å². The Labute approximate surface area is 87.9 Å². The summed E-state index contributed by atoms with van der Waals surface area (Å²) in [5, 5.41) is 12.6. The van der Waals surface area contributed by atoms with Crippen LogP contribution in [0.15, 0.2) is 23.3 Å². The first-order valence-electron chi connectivity index (χ1n) is 4.52. The number of aliphatic hydroxyl groups excluding tert-OH is 1. The van der Waals surface area contributed by atoms with E-state index in [4.69, 9.17) is 15.4 Å². The molecule has 0 aliphatic heterocycles. The van der Waals surface area contributed by atoms with Crippen LogP contribution in [0.25, 0.3) is 10.4 Å². The summed E-state index contributed by atoms with van der Waals surface area (Å²) in [6, 6.07) is 4.88. The maximum Gasteiger partial charge on any atom is 0.119 e. The fraction of sp³-hybridized carbons (Fsp3) is 0.400. The van der Waals surface area contributed by atoms with E-state index >= 15 is 0 Å². The van der Waals surface area contributed by atoms with E-state index in [1.807, 2.05) is 13.0 Å². The van der Waals surface area contributed by atoms with Crippen molar-refractivity contribution in [2.45, 2.75) is 13.0 Å². The van der Waals surface area contributed by atoms with Crippen molar-refractivity contribution in [2.24, 2.45) is 5.11 Å². The second-order valence-corrected chi connectivity index (χ2v) is 3.13. The molecule has 80 valence electrons. The van der Waals surface area contributed by atoms with Crippen molar-refractivity contribution >= 4 is 0 Å². The maximum atomic E-state index is 9.07. The van der Waals surface area contributed by atoms with Gasteiger partial charge < -0.3 is 9.84 Å². The van der Waals surface area contributed by atoms with Crippen molar-refractivity contribution in [3.05, 3.63) is 39.8 Å². The zero-order valence-corrected chi connectivity index (χ0v) is 8.71. The molecule has 5 nitrogen and oxygen atoms in total. The predicted octanol–water partition coefficient (Wildman–Crippen LogP) is 2.35. The Morgan fingerprint density at radius 2 is 2.33 bits per heavy atom. The zero-order chi connectivity index (χ0) is 11.3. The molecule has 0 amide bonds. The summed E-state index contributed by atoms with van der Waals surface area (Å²) < 4.78 is 5.06. The van der Waals surface area contributed by atoms with Crippen LogP contribution in [0.1, 0.15) is 17.2 Å². The third kappa shape index (κ3) is 2.62. The molecule has 0 aromatic heterocycles. The lowest BCUT2D eigenvalue weighted by Gasteiger charge is -2.12. The molecule has 0 aliphatic carbocycles. The number of nitrogens with zero attached hydrogens (tertiary/aromatic N) is 3. The summed E-state index contributed by atoms with van der Waals surface area (Å²) >= 11 is 0. The molecule has 0 saturated heterocycles. The minimum atomic E-state index is -0.527. The average molecular weight is 207 g/mol. The monoisotopic (exact) mass is 207 g/mol. The highest BCUT2D eigenvalue weighted by molar-refractivity contribution is 5.36. The van der Waals surface area contributed by atoms with Crippen LogP contribution in [0.2, 0.25) is 0 Å². The van der Waals surface area contributed by atoms with E-state index in [-0.39, 0.29) is 6.61 Å². The minimum absolute atomic E-state index is 0.197. The maximum absolute atomic E-state index is 9.07. The number of methoxy groups -OCH3 is 1. The summed E-state index contributed by atoms with van der Waals surface area (Å²) in [7, 11) is 1.59. The SMILES string of the molecule is COc1ccc(C(CO)N=[N+]=[N-])c(C)c1. The summed E-state index contributed by atoms with van der Waals surface area (Å²) in [6.45, 7) is 1.69. The third-order valence-electron chi connectivity index (χ3n) is 2.20. The van der Waals surface area contributed by atoms with Crippen LogP contribution in [-0.4, -0.2) is 18.8 Å². The van der Waals surface area contributed by atoms with E-state index in [1.54, 1.807) is 19.2 Å². The molecule has 0 spiro atoms. The van der Waals surface area contributed by atoms with Gasteiger partial charge in [0.05, 0.1) is 19.8 Å². The molecular formula is C10H13N3O2. The normalized spacial score (nSPS) is 11.7. The van der Waals surface area contributed by atoms with E-state index in [0.29, 0.717) is 0 Å². The van der Waals surface area contributed by atoms with Gasteiger partial charge in [-0.15, -0.1) is 0 Å². The lowest BCUT2D eigenvalue weighted by Crippen LogP contribution is -2.02. The first-order valence-corrected chi connectivity index (χ1v) is 4.52. The number of ether oxygens (including phenoxy) is 1. The Bertz CT molecular complexity index is 386. The summed E-state index contributed by atoms with van der Waals surface area (Å²) in [4.78, 5) is 2.70. The van der Waals surface area contributed by atoms with E-state index in [2.05, 4.69) is 10.0 Å². The van der Waals surface area contributed by atoms with Crippen molar-refractivity contribution in [1.29, 1.82) is 0 Å². The Morgan fingerprint density at radius 3 is 2.80 bits per heavy atom. The molecule has 0 saturated carbocycles. The molecule has 0 heterocycles. The van der Waals surface area contributed by atoms with Crippen molar-refractivity contribution in [3.63, 3.8) is 0 Å². The molecule has 0 bridgehead atoms. The van der Waals surface area contributed by atoms with Gasteiger partial charge in [0.1, 0.15) is 5.75 Å². The first kappa shape index (κ1) is 11.4. The largest absolute Gasteiger partial charge is 0.497 e. The molecule has 0 aliphatic rings. The van der Waals surface area contributed by atoms with Gasteiger partial charge in [-0.05, 0) is 35.7 Å². The number of aryl methyl sites for hydroxylation is 1. The Kier molecular flexibility index (Phi) is 3.97. The Balaban J connectivity index is 3.08. The number of azide groups is 1. The van der Waals surface area contributed by atoms with Gasteiger partial charge in [0.15, 0.2) is 0 Å². The van der Waals surface area contributed by atoms with Crippen LogP contribution in [0.5, 0.6) is 5.75 Å². The van der Waals surface area contributed by atoms with E-state index in [0.717, 1.165) is 16.9 Å². The summed E-state index contributed by atoms with van der Waals surface area (Å²) in [5.74, 6) is 0.744. The van der Waals surface area contributed by atoms with Crippen LogP contribution in [0.3, 0.4) is 0 Å². The lowest BCUT2D eigenvalue weighted by molar-refractivity contribution is 0.267. The van der Waals surface area contributed by atoms with Gasteiger partial charge in [0.2, 0.25) is 0 Å². The van der Waals surface area contributed by atoms with Gasteiger partial charge in [-0.3, -0.25) is 0 Å². The standard InChI is InChI=1S/C10H13N3O2/c1-7-5-8(15-2)3-4-9(7)10(6-14)12-13-11/h3-5,10,14H,6H2,1-2H3. The van der Waals surface area contributed by atoms with Gasteiger partial charge in [0, 0.05) is 4.91 Å². The number of aliphatic hydroxyl groups is 1. The molecule has 1 unspecified atom stereocenters. The van der Waals surface area contributed by atoms with Gasteiger partial charge in [-0.25, -0.2) is 0 Å². The van der Waals surface area contributed by atoms with Crippen molar-refractivity contribution in [2.75, 3.05) is 13.7 Å². The number of rotatable bonds is 4. The highest BCUT2D eigenvalue weighted by Gasteiger charge is 2.11. The number of benzene rings is 1. The second-order valence-electron chi connectivity index (χ2n) is 3.13. The fourth-order valence-electron chi connectivity index (χ4n) is 1.41. The molecule has 1 atom stereocenters. The van der Waals surface area contributed by atoms with Crippen LogP contribution in [0.4, 0.5) is 0 Å². The molecule has 1 aromatic carbocycles. The van der Waals surface area contributed by atoms with Crippen LogP contribution >= 0.6 is 0 Å². The molecule has 0 radical (unpaired) electrons. The minimum Gasteiger partial charge on any atom is -0.497 e. The third-order valence-corrected chi connectivity index (χ3v) is 2.20. The lowest BCUT2D eigenvalue weighted by atomic mass is 10.0. The first-order chi connectivity index (χ1) is 7.22. The van der Waals surface area contributed by atoms with E-state index in [1.165, 1.54) is 0 Å². The van der Waals surface area contributed by atoms with E-state index < -0.39 is 6.04 Å². The molecule has 1 aromatic rings. The molecule has 5 heteroatoms. The van der Waals surface area contributed by atoms with Crippen molar-refractivity contribution in [1.82, 2.24) is 0 Å². The number of hydrogen-bond donors (Lipinski definition) is 1. The molecule has 0 fully saturated rings. The topological polar surface area (TPSA) is 78.2 Å². The van der Waals surface area contributed by atoms with Gasteiger partial charge in [0.25, 0.3) is 0 Å². The summed E-state index contributed by atoms with van der Waals surface area (Å²) in [5.41, 5.74) is 10.1. The van der Waals surface area contributed by atoms with Crippen LogP contribution < -0.4 is 4.74 Å². The molecule has 1 N–H and O–H groups in total. The van der Waals surface area contributed by atoms with Gasteiger partial charge >= 0.3 is 0 Å². The Morgan fingerprint density at radius 1 is 1.60 bits per heavy atom.